The largest absolute Gasteiger partial charge is 0.300 e. The van der Waals surface area contributed by atoms with Crippen LogP contribution in [0.2, 0.25) is 0 Å². The van der Waals surface area contributed by atoms with Crippen LogP contribution in [0.1, 0.15) is 38.5 Å². The lowest BCUT2D eigenvalue weighted by molar-refractivity contribution is -0.119. The second-order valence-electron chi connectivity index (χ2n) is 3.65. The average Bonchev–Trinajstić information content (AvgIpc) is 2.31. The van der Waals surface area contributed by atoms with Crippen LogP contribution in [0.15, 0.2) is 11.6 Å². The fourth-order valence-corrected chi connectivity index (χ4v) is 2.24. The number of ketones is 1. The number of Topliss-reactive ketones (excluding diaryl/α,β-unsaturated/α-hetero) is 1. The van der Waals surface area contributed by atoms with E-state index >= 15 is 0 Å². The van der Waals surface area contributed by atoms with Crippen molar-refractivity contribution in [3.05, 3.63) is 11.6 Å². The van der Waals surface area contributed by atoms with Crippen LogP contribution in [0.3, 0.4) is 0 Å². The predicted molar refractivity (Wildman–Crippen MR) is 44.3 cm³/mol. The molecule has 60 valence electrons. The Kier molecular flexibility index (Phi) is 1.80. The minimum Gasteiger partial charge on any atom is -0.300 e. The third kappa shape index (κ3) is 1.37. The molecule has 0 aromatic rings. The van der Waals surface area contributed by atoms with Gasteiger partial charge in [-0.1, -0.05) is 11.6 Å². The molecule has 2 aliphatic carbocycles. The molecule has 2 rings (SSSR count). The molecule has 0 N–H and O–H groups in total. The Morgan fingerprint density at radius 1 is 1.36 bits per heavy atom. The molecule has 0 amide bonds. The molecule has 1 saturated carbocycles. The first-order valence-corrected chi connectivity index (χ1v) is 4.57. The van der Waals surface area contributed by atoms with E-state index in [9.17, 15) is 4.79 Å². The molecular formula is C10H14O. The second-order valence-corrected chi connectivity index (χ2v) is 3.65. The summed E-state index contributed by atoms with van der Waals surface area (Å²) in [7, 11) is 0. The maximum absolute atomic E-state index is 11.2. The molecule has 1 fully saturated rings. The van der Waals surface area contributed by atoms with Crippen LogP contribution in [-0.2, 0) is 4.79 Å². The van der Waals surface area contributed by atoms with Gasteiger partial charge >= 0.3 is 0 Å². The quantitative estimate of drug-likeness (QED) is 0.485. The molecule has 0 spiro atoms. The van der Waals surface area contributed by atoms with Gasteiger partial charge < -0.3 is 0 Å². The zero-order chi connectivity index (χ0) is 7.68. The SMILES string of the molecule is O=C1CCC=C2CCC[C@H]2C1. The molecular weight excluding hydrogens is 136 g/mol. The summed E-state index contributed by atoms with van der Waals surface area (Å²) in [4.78, 5) is 11.2. The molecule has 11 heavy (non-hydrogen) atoms. The van der Waals surface area contributed by atoms with Crippen LogP contribution in [0.5, 0.6) is 0 Å². The number of allylic oxidation sites excluding steroid dienone is 2. The van der Waals surface area contributed by atoms with Gasteiger partial charge in [-0.25, -0.2) is 0 Å². The molecule has 1 heteroatoms. The number of carbonyl (C=O) groups is 1. The highest BCUT2D eigenvalue weighted by Gasteiger charge is 2.24. The van der Waals surface area contributed by atoms with E-state index < -0.39 is 0 Å². The van der Waals surface area contributed by atoms with E-state index in [1.54, 1.807) is 5.57 Å². The third-order valence-electron chi connectivity index (χ3n) is 2.85. The Labute approximate surface area is 67.5 Å². The van der Waals surface area contributed by atoms with Crippen molar-refractivity contribution >= 4 is 5.78 Å². The Morgan fingerprint density at radius 3 is 3.18 bits per heavy atom. The van der Waals surface area contributed by atoms with E-state index in [4.69, 9.17) is 0 Å². The van der Waals surface area contributed by atoms with Crippen LogP contribution < -0.4 is 0 Å². The Hall–Kier alpha value is -0.590. The molecule has 0 aliphatic heterocycles. The van der Waals surface area contributed by atoms with Crippen molar-refractivity contribution in [1.82, 2.24) is 0 Å². The van der Waals surface area contributed by atoms with Crippen molar-refractivity contribution in [1.29, 1.82) is 0 Å². The van der Waals surface area contributed by atoms with Gasteiger partial charge in [-0.3, -0.25) is 4.79 Å². The van der Waals surface area contributed by atoms with Crippen molar-refractivity contribution in [2.75, 3.05) is 0 Å². The van der Waals surface area contributed by atoms with Crippen molar-refractivity contribution in [3.8, 4) is 0 Å². The predicted octanol–water partition coefficient (Wildman–Crippen LogP) is 2.47. The minimum absolute atomic E-state index is 0.475. The maximum Gasteiger partial charge on any atom is 0.133 e. The number of carbonyl (C=O) groups excluding carboxylic acids is 1. The number of hydrogen-bond donors (Lipinski definition) is 0. The van der Waals surface area contributed by atoms with Crippen molar-refractivity contribution in [2.24, 2.45) is 5.92 Å². The summed E-state index contributed by atoms with van der Waals surface area (Å²) in [5, 5.41) is 0. The highest BCUT2D eigenvalue weighted by atomic mass is 16.1. The summed E-state index contributed by atoms with van der Waals surface area (Å²) >= 11 is 0. The van der Waals surface area contributed by atoms with E-state index in [0.29, 0.717) is 11.7 Å². The highest BCUT2D eigenvalue weighted by Crippen LogP contribution is 2.35. The summed E-state index contributed by atoms with van der Waals surface area (Å²) < 4.78 is 0. The summed E-state index contributed by atoms with van der Waals surface area (Å²) in [5.41, 5.74) is 1.58. The zero-order valence-corrected chi connectivity index (χ0v) is 6.81. The van der Waals surface area contributed by atoms with Crippen LogP contribution in [0.4, 0.5) is 0 Å². The molecule has 0 saturated heterocycles. The second kappa shape index (κ2) is 2.80. The maximum atomic E-state index is 11.2. The Morgan fingerprint density at radius 2 is 2.27 bits per heavy atom. The first-order chi connectivity index (χ1) is 5.36. The van der Waals surface area contributed by atoms with Gasteiger partial charge in [-0.05, 0) is 31.6 Å². The normalized spacial score (nSPS) is 31.1. The van der Waals surface area contributed by atoms with Crippen molar-refractivity contribution < 1.29 is 4.79 Å². The van der Waals surface area contributed by atoms with Gasteiger partial charge in [0, 0.05) is 12.8 Å². The average molecular weight is 150 g/mol. The van der Waals surface area contributed by atoms with E-state index in [1.807, 2.05) is 0 Å². The van der Waals surface area contributed by atoms with Crippen LogP contribution in [-0.4, -0.2) is 5.78 Å². The highest BCUT2D eigenvalue weighted by molar-refractivity contribution is 5.79. The first kappa shape index (κ1) is 7.08. The standard InChI is InChI=1S/C10H14O/c11-10-6-2-4-8-3-1-5-9(8)7-10/h4,9H,1-3,5-7H2/t9-/m0/s1. The lowest BCUT2D eigenvalue weighted by Crippen LogP contribution is -2.03. The van der Waals surface area contributed by atoms with E-state index in [0.717, 1.165) is 19.3 Å². The van der Waals surface area contributed by atoms with Gasteiger partial charge in [0.2, 0.25) is 0 Å². The first-order valence-electron chi connectivity index (χ1n) is 4.57. The smallest absolute Gasteiger partial charge is 0.133 e. The molecule has 0 radical (unpaired) electrons. The van der Waals surface area contributed by atoms with Gasteiger partial charge in [0.25, 0.3) is 0 Å². The Balaban J connectivity index is 2.15. The van der Waals surface area contributed by atoms with Crippen molar-refractivity contribution in [2.45, 2.75) is 38.5 Å². The van der Waals surface area contributed by atoms with Crippen LogP contribution in [0, 0.1) is 5.92 Å². The molecule has 0 bridgehead atoms. The molecule has 1 atom stereocenters. The zero-order valence-electron chi connectivity index (χ0n) is 6.81. The van der Waals surface area contributed by atoms with Gasteiger partial charge in [0.05, 0.1) is 0 Å². The summed E-state index contributed by atoms with van der Waals surface area (Å²) in [5.74, 6) is 1.12. The molecule has 0 unspecified atom stereocenters. The van der Waals surface area contributed by atoms with Gasteiger partial charge in [0.1, 0.15) is 5.78 Å². The summed E-state index contributed by atoms with van der Waals surface area (Å²) in [6.07, 6.45) is 8.78. The fraction of sp³-hybridized carbons (Fsp3) is 0.700. The van der Waals surface area contributed by atoms with Gasteiger partial charge in [-0.15, -0.1) is 0 Å². The van der Waals surface area contributed by atoms with E-state index in [1.165, 1.54) is 19.3 Å². The lowest BCUT2D eigenvalue weighted by Gasteiger charge is -2.06. The molecule has 0 aromatic carbocycles. The molecule has 0 aromatic heterocycles. The molecule has 1 nitrogen and oxygen atoms in total. The number of hydrogen-bond acceptors (Lipinski definition) is 1. The fourth-order valence-electron chi connectivity index (χ4n) is 2.24. The lowest BCUT2D eigenvalue weighted by atomic mass is 9.98. The van der Waals surface area contributed by atoms with Crippen LogP contribution >= 0.6 is 0 Å². The van der Waals surface area contributed by atoms with Gasteiger partial charge in [0.15, 0.2) is 0 Å². The summed E-state index contributed by atoms with van der Waals surface area (Å²) in [6.45, 7) is 0. The number of fused-ring (bicyclic) bond motifs is 1. The van der Waals surface area contributed by atoms with Gasteiger partial charge in [-0.2, -0.15) is 0 Å². The van der Waals surface area contributed by atoms with E-state index in [2.05, 4.69) is 6.08 Å². The van der Waals surface area contributed by atoms with Crippen LogP contribution in [0.25, 0.3) is 0 Å². The minimum atomic E-state index is 0.475. The van der Waals surface area contributed by atoms with Crippen molar-refractivity contribution in [3.63, 3.8) is 0 Å². The number of rotatable bonds is 0. The van der Waals surface area contributed by atoms with E-state index in [-0.39, 0.29) is 0 Å². The third-order valence-corrected chi connectivity index (χ3v) is 2.85. The monoisotopic (exact) mass is 150 g/mol. The topological polar surface area (TPSA) is 17.1 Å². The molecule has 2 aliphatic rings. The Bertz CT molecular complexity index is 203. The summed E-state index contributed by atoms with van der Waals surface area (Å²) in [6, 6.07) is 0. The molecule has 0 heterocycles.